The predicted octanol–water partition coefficient (Wildman–Crippen LogP) is 0.221. The van der Waals surface area contributed by atoms with Gasteiger partial charge in [-0.15, -0.1) is 0 Å². The molecule has 0 aromatic carbocycles. The number of aliphatic hydroxyl groups is 1. The van der Waals surface area contributed by atoms with E-state index in [0.717, 1.165) is 19.3 Å². The lowest BCUT2D eigenvalue weighted by Crippen LogP contribution is -2.33. The number of aliphatic hydroxyl groups excluding tert-OH is 1. The zero-order valence-electron chi connectivity index (χ0n) is 6.29. The maximum absolute atomic E-state index is 8.85. The van der Waals surface area contributed by atoms with E-state index in [2.05, 4.69) is 0 Å². The number of hydrogen-bond acceptors (Lipinski definition) is 3. The third kappa shape index (κ3) is 1.94. The molecule has 3 nitrogen and oxygen atoms in total. The van der Waals surface area contributed by atoms with Crippen LogP contribution in [0.2, 0.25) is 0 Å². The summed E-state index contributed by atoms with van der Waals surface area (Å²) in [7, 11) is 0. The SMILES string of the molecule is CC(O)O[C@H]1CCC[C@@H]1N. The minimum atomic E-state index is -0.672. The first-order chi connectivity index (χ1) is 4.70. The average Bonchev–Trinajstić information content (AvgIpc) is 2.15. The number of ether oxygens (including phenoxy) is 1. The van der Waals surface area contributed by atoms with Crippen LogP contribution in [0.1, 0.15) is 26.2 Å². The fourth-order valence-electron chi connectivity index (χ4n) is 1.38. The minimum absolute atomic E-state index is 0.0833. The quantitative estimate of drug-likeness (QED) is 0.546. The van der Waals surface area contributed by atoms with E-state index in [0.29, 0.717) is 0 Å². The van der Waals surface area contributed by atoms with E-state index in [-0.39, 0.29) is 12.1 Å². The largest absolute Gasteiger partial charge is 0.368 e. The fourth-order valence-corrected chi connectivity index (χ4v) is 1.38. The third-order valence-corrected chi connectivity index (χ3v) is 1.88. The molecule has 10 heavy (non-hydrogen) atoms. The molecule has 0 radical (unpaired) electrons. The molecule has 0 aromatic heterocycles. The Bertz CT molecular complexity index is 106. The zero-order valence-corrected chi connectivity index (χ0v) is 6.29. The first-order valence-electron chi connectivity index (χ1n) is 3.79. The van der Waals surface area contributed by atoms with Crippen molar-refractivity contribution in [2.24, 2.45) is 5.73 Å². The highest BCUT2D eigenvalue weighted by molar-refractivity contribution is 4.80. The lowest BCUT2D eigenvalue weighted by molar-refractivity contribution is -0.124. The van der Waals surface area contributed by atoms with Gasteiger partial charge in [0.2, 0.25) is 0 Å². The molecule has 1 fully saturated rings. The molecule has 0 amide bonds. The second-order valence-corrected chi connectivity index (χ2v) is 2.87. The van der Waals surface area contributed by atoms with Crippen molar-refractivity contribution in [3.05, 3.63) is 0 Å². The molecular formula is C7H15NO2. The zero-order chi connectivity index (χ0) is 7.56. The highest BCUT2D eigenvalue weighted by Gasteiger charge is 2.25. The highest BCUT2D eigenvalue weighted by Crippen LogP contribution is 2.20. The van der Waals surface area contributed by atoms with E-state index in [1.54, 1.807) is 6.92 Å². The van der Waals surface area contributed by atoms with Gasteiger partial charge in [-0.25, -0.2) is 0 Å². The molecular weight excluding hydrogens is 130 g/mol. The maximum Gasteiger partial charge on any atom is 0.152 e. The molecule has 0 saturated heterocycles. The third-order valence-electron chi connectivity index (χ3n) is 1.88. The van der Waals surface area contributed by atoms with Gasteiger partial charge in [0.25, 0.3) is 0 Å². The molecule has 1 aliphatic carbocycles. The Balaban J connectivity index is 2.26. The van der Waals surface area contributed by atoms with Crippen LogP contribution >= 0.6 is 0 Å². The summed E-state index contributed by atoms with van der Waals surface area (Å²) in [5.41, 5.74) is 5.69. The van der Waals surface area contributed by atoms with Gasteiger partial charge in [0.05, 0.1) is 6.10 Å². The van der Waals surface area contributed by atoms with Gasteiger partial charge in [0.15, 0.2) is 6.29 Å². The van der Waals surface area contributed by atoms with Gasteiger partial charge in [0, 0.05) is 6.04 Å². The summed E-state index contributed by atoms with van der Waals surface area (Å²) in [6.45, 7) is 1.62. The Hall–Kier alpha value is -0.120. The first kappa shape index (κ1) is 7.98. The van der Waals surface area contributed by atoms with Gasteiger partial charge in [-0.1, -0.05) is 0 Å². The predicted molar refractivity (Wildman–Crippen MR) is 38.4 cm³/mol. The molecule has 60 valence electrons. The van der Waals surface area contributed by atoms with Gasteiger partial charge in [-0.2, -0.15) is 0 Å². The highest BCUT2D eigenvalue weighted by atomic mass is 16.6. The van der Waals surface area contributed by atoms with E-state index in [4.69, 9.17) is 15.6 Å². The Kier molecular flexibility index (Phi) is 2.65. The summed E-state index contributed by atoms with van der Waals surface area (Å²) in [5.74, 6) is 0. The van der Waals surface area contributed by atoms with Crippen LogP contribution in [-0.2, 0) is 4.74 Å². The van der Waals surface area contributed by atoms with E-state index in [1.807, 2.05) is 0 Å². The minimum Gasteiger partial charge on any atom is -0.368 e. The number of nitrogens with two attached hydrogens (primary N) is 1. The van der Waals surface area contributed by atoms with Crippen molar-refractivity contribution in [1.29, 1.82) is 0 Å². The van der Waals surface area contributed by atoms with Crippen molar-refractivity contribution in [3.63, 3.8) is 0 Å². The van der Waals surface area contributed by atoms with Gasteiger partial charge < -0.3 is 15.6 Å². The summed E-state index contributed by atoms with van der Waals surface area (Å²) < 4.78 is 5.15. The summed E-state index contributed by atoms with van der Waals surface area (Å²) in [6, 6.07) is 0.134. The van der Waals surface area contributed by atoms with E-state index >= 15 is 0 Å². The molecule has 1 rings (SSSR count). The smallest absolute Gasteiger partial charge is 0.152 e. The summed E-state index contributed by atoms with van der Waals surface area (Å²) in [6.07, 6.45) is 2.55. The van der Waals surface area contributed by atoms with Crippen LogP contribution < -0.4 is 5.73 Å². The summed E-state index contributed by atoms with van der Waals surface area (Å²) in [4.78, 5) is 0. The second-order valence-electron chi connectivity index (χ2n) is 2.87. The fraction of sp³-hybridized carbons (Fsp3) is 1.00. The maximum atomic E-state index is 8.85. The standard InChI is InChI=1S/C7H15NO2/c1-5(9)10-7-4-2-3-6(7)8/h5-7,9H,2-4,8H2,1H3/t5?,6-,7-/m0/s1. The van der Waals surface area contributed by atoms with Crippen LogP contribution in [0.3, 0.4) is 0 Å². The van der Waals surface area contributed by atoms with Crippen LogP contribution in [0, 0.1) is 0 Å². The van der Waals surface area contributed by atoms with Crippen LogP contribution in [0.4, 0.5) is 0 Å². The van der Waals surface area contributed by atoms with Crippen LogP contribution in [0.15, 0.2) is 0 Å². The van der Waals surface area contributed by atoms with Gasteiger partial charge in [-0.3, -0.25) is 0 Å². The number of hydrogen-bond donors (Lipinski definition) is 2. The molecule has 0 bridgehead atoms. The van der Waals surface area contributed by atoms with Crippen LogP contribution in [-0.4, -0.2) is 23.5 Å². The monoisotopic (exact) mass is 145 g/mol. The Labute approximate surface area is 61.2 Å². The van der Waals surface area contributed by atoms with Crippen LogP contribution in [0.25, 0.3) is 0 Å². The molecule has 1 aliphatic rings. The molecule has 3 heteroatoms. The first-order valence-corrected chi connectivity index (χ1v) is 3.79. The molecule has 0 aliphatic heterocycles. The average molecular weight is 145 g/mol. The lowest BCUT2D eigenvalue weighted by Gasteiger charge is -2.17. The van der Waals surface area contributed by atoms with Gasteiger partial charge in [-0.05, 0) is 26.2 Å². The van der Waals surface area contributed by atoms with Crippen molar-refractivity contribution >= 4 is 0 Å². The Morgan fingerprint density at radius 2 is 2.30 bits per heavy atom. The molecule has 1 saturated carbocycles. The van der Waals surface area contributed by atoms with Crippen molar-refractivity contribution in [1.82, 2.24) is 0 Å². The van der Waals surface area contributed by atoms with Gasteiger partial charge >= 0.3 is 0 Å². The molecule has 3 N–H and O–H groups in total. The lowest BCUT2D eigenvalue weighted by atomic mass is 10.2. The second kappa shape index (κ2) is 3.32. The normalized spacial score (nSPS) is 36.3. The molecule has 0 spiro atoms. The summed E-state index contributed by atoms with van der Waals surface area (Å²) in [5, 5.41) is 8.85. The van der Waals surface area contributed by atoms with Crippen molar-refractivity contribution in [2.75, 3.05) is 0 Å². The topological polar surface area (TPSA) is 55.5 Å². The van der Waals surface area contributed by atoms with E-state index < -0.39 is 6.29 Å². The molecule has 1 unspecified atom stereocenters. The Morgan fingerprint density at radius 1 is 1.60 bits per heavy atom. The van der Waals surface area contributed by atoms with Crippen molar-refractivity contribution < 1.29 is 9.84 Å². The van der Waals surface area contributed by atoms with Crippen molar-refractivity contribution in [2.45, 2.75) is 44.6 Å². The van der Waals surface area contributed by atoms with E-state index in [9.17, 15) is 0 Å². The van der Waals surface area contributed by atoms with Gasteiger partial charge in [0.1, 0.15) is 0 Å². The molecule has 0 aromatic rings. The van der Waals surface area contributed by atoms with Crippen molar-refractivity contribution in [3.8, 4) is 0 Å². The molecule has 3 atom stereocenters. The molecule has 0 heterocycles. The van der Waals surface area contributed by atoms with E-state index in [1.165, 1.54) is 0 Å². The Morgan fingerprint density at radius 3 is 2.70 bits per heavy atom. The number of rotatable bonds is 2. The summed E-state index contributed by atoms with van der Waals surface area (Å²) >= 11 is 0. The van der Waals surface area contributed by atoms with Crippen LogP contribution in [0.5, 0.6) is 0 Å².